The van der Waals surface area contributed by atoms with Crippen molar-refractivity contribution in [2.45, 2.75) is 0 Å². The van der Waals surface area contributed by atoms with Crippen LogP contribution in [0, 0.1) is 5.41 Å². The smallest absolute Gasteiger partial charge is 0.147 e. The Morgan fingerprint density at radius 3 is 2.24 bits per heavy atom. The number of benzene rings is 2. The van der Waals surface area contributed by atoms with E-state index < -0.39 is 0 Å². The first-order valence-electron chi connectivity index (χ1n) is 8.39. The second-order valence-electron chi connectivity index (χ2n) is 5.84. The molecule has 0 amide bonds. The third-order valence-electron chi connectivity index (χ3n) is 3.64. The average molecular weight is 457 g/mol. The lowest BCUT2D eigenvalue weighted by Crippen LogP contribution is -2.10. The Kier molecular flexibility index (Phi) is 9.37. The van der Waals surface area contributed by atoms with Gasteiger partial charge in [0.1, 0.15) is 11.7 Å². The van der Waals surface area contributed by atoms with Crippen LogP contribution in [0.2, 0.25) is 0 Å². The van der Waals surface area contributed by atoms with Gasteiger partial charge >= 0.3 is 0 Å². The topological polar surface area (TPSA) is 161 Å². The maximum absolute atomic E-state index is 8.16. The van der Waals surface area contributed by atoms with Crippen molar-refractivity contribution in [3.05, 3.63) is 83.5 Å². The quantitative estimate of drug-likeness (QED) is 0.153. The number of nitrogens with one attached hydrogen (secondary N) is 1. The fourth-order valence-electron chi connectivity index (χ4n) is 1.95. The average Bonchev–Trinajstić information content (AvgIpc) is 2.72. The molecule has 7 nitrogen and oxygen atoms in total. The molecule has 0 spiro atoms. The predicted octanol–water partition coefficient (Wildman–Crippen LogP) is 3.44. The molecule has 1 aromatic heterocycles. The summed E-state index contributed by atoms with van der Waals surface area (Å²) < 4.78 is 0.984. The molecule has 8 heteroatoms. The molecule has 0 atom stereocenters. The van der Waals surface area contributed by atoms with Crippen LogP contribution in [-0.2, 0) is 0 Å². The number of rotatable bonds is 3. The van der Waals surface area contributed by atoms with Crippen LogP contribution in [0.25, 0.3) is 10.8 Å². The van der Waals surface area contributed by atoms with Gasteiger partial charge < -0.3 is 28.0 Å². The number of nitrogens with zero attached hydrogens (tertiary/aromatic N) is 1. The minimum Gasteiger partial charge on any atom is -0.399 e. The zero-order valence-corrected chi connectivity index (χ0v) is 17.5. The number of nitrogen functional groups attached to an aromatic ring is 4. The Balaban J connectivity index is 0.000000235. The lowest BCUT2D eigenvalue weighted by atomic mass is 10.1. The van der Waals surface area contributed by atoms with E-state index in [9.17, 15) is 0 Å². The van der Waals surface area contributed by atoms with E-state index in [1.807, 2.05) is 18.2 Å². The number of aliphatic hydroxyl groups is 1. The fourth-order valence-corrected chi connectivity index (χ4v) is 2.31. The molecule has 0 saturated carbocycles. The van der Waals surface area contributed by atoms with Crippen LogP contribution in [0.1, 0.15) is 5.56 Å². The second-order valence-corrected chi connectivity index (χ2v) is 6.76. The molecular weight excluding hydrogens is 432 g/mol. The lowest BCUT2D eigenvalue weighted by molar-refractivity contribution is 0.335. The van der Waals surface area contributed by atoms with Crippen LogP contribution in [-0.4, -0.2) is 22.5 Å². The van der Waals surface area contributed by atoms with Crippen molar-refractivity contribution in [2.24, 2.45) is 5.73 Å². The molecule has 0 bridgehead atoms. The molecule has 0 radical (unpaired) electrons. The highest BCUT2D eigenvalue weighted by Gasteiger charge is 2.02. The summed E-state index contributed by atoms with van der Waals surface area (Å²) in [4.78, 5) is 3.97. The number of pyridine rings is 1. The molecule has 1 heterocycles. The number of aromatic nitrogens is 1. The molecule has 0 aliphatic carbocycles. The molecule has 10 N–H and O–H groups in total. The SMILES string of the molecule is C=CC(=C)CO.N=C(N)c1ccc(N)cc1.Nc1ncc2ccc(Br)cc2c1N. The first-order chi connectivity index (χ1) is 13.7. The highest BCUT2D eigenvalue weighted by atomic mass is 79.9. The third kappa shape index (κ3) is 7.65. The third-order valence-corrected chi connectivity index (χ3v) is 4.13. The number of fused-ring (bicyclic) bond motifs is 1. The van der Waals surface area contributed by atoms with Gasteiger partial charge in [-0.3, -0.25) is 5.41 Å². The molecule has 0 saturated heterocycles. The van der Waals surface area contributed by atoms with E-state index in [1.165, 1.54) is 6.08 Å². The van der Waals surface area contributed by atoms with Crippen molar-refractivity contribution in [3.63, 3.8) is 0 Å². The first-order valence-corrected chi connectivity index (χ1v) is 9.19. The van der Waals surface area contributed by atoms with Crippen molar-refractivity contribution in [1.82, 2.24) is 4.98 Å². The van der Waals surface area contributed by atoms with Gasteiger partial charge in [-0.25, -0.2) is 4.98 Å². The maximum atomic E-state index is 8.16. The van der Waals surface area contributed by atoms with Crippen LogP contribution in [0.4, 0.5) is 17.2 Å². The summed E-state index contributed by atoms with van der Waals surface area (Å²) in [6.45, 7) is 6.81. The molecule has 0 fully saturated rings. The number of aliphatic hydroxyl groups excluding tert-OH is 1. The summed E-state index contributed by atoms with van der Waals surface area (Å²) >= 11 is 3.37. The summed E-state index contributed by atoms with van der Waals surface area (Å²) in [7, 11) is 0. The Morgan fingerprint density at radius 2 is 1.76 bits per heavy atom. The Labute approximate surface area is 178 Å². The monoisotopic (exact) mass is 456 g/mol. The first kappa shape index (κ1) is 23.7. The molecule has 29 heavy (non-hydrogen) atoms. The van der Waals surface area contributed by atoms with E-state index in [1.54, 1.807) is 30.5 Å². The molecule has 0 unspecified atom stereocenters. The van der Waals surface area contributed by atoms with Gasteiger partial charge in [0.25, 0.3) is 0 Å². The van der Waals surface area contributed by atoms with Gasteiger partial charge in [0.2, 0.25) is 0 Å². The van der Waals surface area contributed by atoms with Gasteiger partial charge in [0, 0.05) is 32.7 Å². The largest absolute Gasteiger partial charge is 0.399 e. The molecule has 0 aliphatic rings. The Hall–Kier alpha value is -3.36. The number of anilines is 3. The molecule has 3 aromatic rings. The summed E-state index contributed by atoms with van der Waals surface area (Å²) in [5.41, 5.74) is 24.6. The maximum Gasteiger partial charge on any atom is 0.147 e. The summed E-state index contributed by atoms with van der Waals surface area (Å²) in [5, 5.41) is 17.1. The zero-order chi connectivity index (χ0) is 22.0. The molecule has 0 aliphatic heterocycles. The van der Waals surface area contributed by atoms with Crippen molar-refractivity contribution >= 4 is 49.7 Å². The van der Waals surface area contributed by atoms with E-state index in [2.05, 4.69) is 34.1 Å². The van der Waals surface area contributed by atoms with Gasteiger partial charge in [-0.1, -0.05) is 41.2 Å². The zero-order valence-electron chi connectivity index (χ0n) is 15.9. The van der Waals surface area contributed by atoms with Gasteiger partial charge in [-0.2, -0.15) is 0 Å². The van der Waals surface area contributed by atoms with Gasteiger partial charge in [-0.15, -0.1) is 0 Å². The Morgan fingerprint density at radius 1 is 1.14 bits per heavy atom. The number of hydrogen-bond acceptors (Lipinski definition) is 6. The number of halogens is 1. The molecule has 152 valence electrons. The summed E-state index contributed by atoms with van der Waals surface area (Å²) in [6.07, 6.45) is 3.24. The fraction of sp³-hybridized carbons (Fsp3) is 0.0476. The van der Waals surface area contributed by atoms with Gasteiger partial charge in [0.05, 0.1) is 12.3 Å². The second kappa shape index (κ2) is 11.5. The predicted molar refractivity (Wildman–Crippen MR) is 127 cm³/mol. The van der Waals surface area contributed by atoms with Crippen LogP contribution in [0.3, 0.4) is 0 Å². The number of nitrogens with two attached hydrogens (primary N) is 4. The van der Waals surface area contributed by atoms with E-state index in [0.717, 1.165) is 15.2 Å². The molecular formula is C21H25BrN6O. The van der Waals surface area contributed by atoms with E-state index >= 15 is 0 Å². The van der Waals surface area contributed by atoms with Crippen molar-refractivity contribution in [2.75, 3.05) is 23.8 Å². The highest BCUT2D eigenvalue weighted by Crippen LogP contribution is 2.27. The standard InChI is InChI=1S/C9H8BrN3.C7H9N3.C5H8O/c10-6-2-1-5-4-13-9(12)8(11)7(5)3-6;8-6-3-1-5(2-4-6)7(9)10;1-3-5(2)4-6/h1-4H,11H2,(H2,12,13);1-4H,8H2,(H3,9,10);3,6H,1-2,4H2. The van der Waals surface area contributed by atoms with Crippen molar-refractivity contribution < 1.29 is 5.11 Å². The molecule has 2 aromatic carbocycles. The summed E-state index contributed by atoms with van der Waals surface area (Å²) in [6, 6.07) is 12.7. The van der Waals surface area contributed by atoms with E-state index in [4.69, 9.17) is 33.5 Å². The minimum absolute atomic E-state index is 0.0174. The Bertz CT molecular complexity index is 997. The summed E-state index contributed by atoms with van der Waals surface area (Å²) in [5.74, 6) is 0.450. The lowest BCUT2D eigenvalue weighted by Gasteiger charge is -2.04. The highest BCUT2D eigenvalue weighted by molar-refractivity contribution is 9.10. The van der Waals surface area contributed by atoms with Crippen LogP contribution in [0.5, 0.6) is 0 Å². The van der Waals surface area contributed by atoms with Crippen LogP contribution >= 0.6 is 15.9 Å². The number of amidine groups is 1. The van der Waals surface area contributed by atoms with Gasteiger partial charge in [-0.05, 0) is 42.0 Å². The van der Waals surface area contributed by atoms with Crippen LogP contribution < -0.4 is 22.9 Å². The van der Waals surface area contributed by atoms with E-state index in [0.29, 0.717) is 28.3 Å². The number of hydrogen-bond donors (Lipinski definition) is 6. The van der Waals surface area contributed by atoms with Gasteiger partial charge in [0.15, 0.2) is 0 Å². The van der Waals surface area contributed by atoms with E-state index in [-0.39, 0.29) is 12.4 Å². The normalized spacial score (nSPS) is 9.45. The minimum atomic E-state index is 0.0174. The van der Waals surface area contributed by atoms with Crippen molar-refractivity contribution in [3.8, 4) is 0 Å². The van der Waals surface area contributed by atoms with Crippen molar-refractivity contribution in [1.29, 1.82) is 5.41 Å². The van der Waals surface area contributed by atoms with Crippen LogP contribution in [0.15, 0.2) is 77.9 Å². The molecule has 3 rings (SSSR count).